The molecule has 3 rings (SSSR count). The Kier molecular flexibility index (Phi) is 4.28. The molecule has 0 unspecified atom stereocenters. The number of hydrogen-bond acceptors (Lipinski definition) is 5. The minimum Gasteiger partial charge on any atom is -0.364 e. The van der Waals surface area contributed by atoms with Gasteiger partial charge in [-0.1, -0.05) is 30.3 Å². The van der Waals surface area contributed by atoms with Crippen molar-refractivity contribution in [2.45, 2.75) is 25.0 Å². The second-order valence-electron chi connectivity index (χ2n) is 4.95. The third-order valence-electron chi connectivity index (χ3n) is 3.47. The van der Waals surface area contributed by atoms with Crippen LogP contribution in [0.4, 0.5) is 5.13 Å². The predicted octanol–water partition coefficient (Wildman–Crippen LogP) is 2.25. The molecule has 1 aromatic heterocycles. The molecule has 21 heavy (non-hydrogen) atoms. The zero-order valence-electron chi connectivity index (χ0n) is 11.5. The van der Waals surface area contributed by atoms with Crippen molar-refractivity contribution < 1.29 is 9.53 Å². The number of ether oxygens (including phenoxy) is 1. The van der Waals surface area contributed by atoms with Crippen molar-refractivity contribution >= 4 is 22.4 Å². The predicted molar refractivity (Wildman–Crippen MR) is 83.1 cm³/mol. The smallest absolute Gasteiger partial charge is 0.255 e. The van der Waals surface area contributed by atoms with E-state index in [0.29, 0.717) is 18.1 Å². The largest absolute Gasteiger partial charge is 0.364 e. The standard InChI is InChI=1S/C15H17N3O2S/c16-8-11-6-7-13(20-11)14(19)18-15-17-12(9-21-15)10-4-2-1-3-5-10/h1-5,9,11,13H,6-8,16H2,(H,17,18,19)/t11-,13+/m1/s1. The van der Waals surface area contributed by atoms with Crippen LogP contribution in [0, 0.1) is 0 Å². The van der Waals surface area contributed by atoms with Crippen LogP contribution in [0.2, 0.25) is 0 Å². The van der Waals surface area contributed by atoms with Crippen molar-refractivity contribution in [2.24, 2.45) is 5.73 Å². The van der Waals surface area contributed by atoms with Gasteiger partial charge in [0.2, 0.25) is 0 Å². The lowest BCUT2D eigenvalue weighted by atomic mass is 10.2. The van der Waals surface area contributed by atoms with Gasteiger partial charge in [-0.05, 0) is 12.8 Å². The molecule has 0 bridgehead atoms. The third kappa shape index (κ3) is 3.29. The van der Waals surface area contributed by atoms with E-state index in [4.69, 9.17) is 10.5 Å². The van der Waals surface area contributed by atoms with Gasteiger partial charge in [-0.15, -0.1) is 11.3 Å². The minimum atomic E-state index is -0.414. The number of amides is 1. The number of hydrogen-bond donors (Lipinski definition) is 2. The first-order chi connectivity index (χ1) is 10.3. The van der Waals surface area contributed by atoms with Crippen LogP contribution in [-0.2, 0) is 9.53 Å². The van der Waals surface area contributed by atoms with E-state index in [2.05, 4.69) is 10.3 Å². The molecule has 6 heteroatoms. The van der Waals surface area contributed by atoms with Crippen LogP contribution in [0.5, 0.6) is 0 Å². The molecule has 2 aromatic rings. The maximum atomic E-state index is 12.1. The Hall–Kier alpha value is -1.76. The Morgan fingerprint density at radius 3 is 2.90 bits per heavy atom. The van der Waals surface area contributed by atoms with Crippen LogP contribution in [0.25, 0.3) is 11.3 Å². The van der Waals surface area contributed by atoms with Crippen molar-refractivity contribution in [3.05, 3.63) is 35.7 Å². The van der Waals surface area contributed by atoms with Crippen LogP contribution in [0.3, 0.4) is 0 Å². The van der Waals surface area contributed by atoms with E-state index < -0.39 is 6.10 Å². The lowest BCUT2D eigenvalue weighted by molar-refractivity contribution is -0.126. The van der Waals surface area contributed by atoms with Crippen molar-refractivity contribution in [3.63, 3.8) is 0 Å². The summed E-state index contributed by atoms with van der Waals surface area (Å²) >= 11 is 1.41. The molecular weight excluding hydrogens is 286 g/mol. The van der Waals surface area contributed by atoms with E-state index in [9.17, 15) is 4.79 Å². The Bertz CT molecular complexity index is 614. The highest BCUT2D eigenvalue weighted by atomic mass is 32.1. The first-order valence-corrected chi connectivity index (χ1v) is 7.81. The molecule has 2 heterocycles. The number of nitrogens with zero attached hydrogens (tertiary/aromatic N) is 1. The van der Waals surface area contributed by atoms with Gasteiger partial charge in [0.25, 0.3) is 5.91 Å². The fourth-order valence-electron chi connectivity index (χ4n) is 2.33. The number of thiazole rings is 1. The van der Waals surface area contributed by atoms with Gasteiger partial charge >= 0.3 is 0 Å². The summed E-state index contributed by atoms with van der Waals surface area (Å²) in [5.74, 6) is -0.139. The highest BCUT2D eigenvalue weighted by molar-refractivity contribution is 7.14. The zero-order valence-corrected chi connectivity index (χ0v) is 12.3. The van der Waals surface area contributed by atoms with E-state index in [1.807, 2.05) is 35.7 Å². The molecule has 0 aliphatic carbocycles. The number of carbonyl (C=O) groups is 1. The van der Waals surface area contributed by atoms with Gasteiger partial charge in [-0.2, -0.15) is 0 Å². The Balaban J connectivity index is 1.64. The summed E-state index contributed by atoms with van der Waals surface area (Å²) in [5.41, 5.74) is 7.45. The minimum absolute atomic E-state index is 0.00285. The van der Waals surface area contributed by atoms with Crippen molar-refractivity contribution in [3.8, 4) is 11.3 Å². The monoisotopic (exact) mass is 303 g/mol. The Morgan fingerprint density at radius 1 is 1.38 bits per heavy atom. The molecule has 1 aliphatic rings. The zero-order chi connectivity index (χ0) is 14.7. The normalized spacial score (nSPS) is 21.4. The number of rotatable bonds is 4. The first-order valence-electron chi connectivity index (χ1n) is 6.93. The van der Waals surface area contributed by atoms with Crippen LogP contribution < -0.4 is 11.1 Å². The third-order valence-corrected chi connectivity index (χ3v) is 4.22. The second-order valence-corrected chi connectivity index (χ2v) is 5.81. The van der Waals surface area contributed by atoms with Crippen LogP contribution >= 0.6 is 11.3 Å². The van der Waals surface area contributed by atoms with Gasteiger partial charge in [0, 0.05) is 17.5 Å². The fraction of sp³-hybridized carbons (Fsp3) is 0.333. The average Bonchev–Trinajstić information content (AvgIpc) is 3.17. The van der Waals surface area contributed by atoms with E-state index in [-0.39, 0.29) is 12.0 Å². The summed E-state index contributed by atoms with van der Waals surface area (Å²) in [6.45, 7) is 0.458. The number of benzene rings is 1. The van der Waals surface area contributed by atoms with Gasteiger partial charge in [-0.25, -0.2) is 4.98 Å². The van der Waals surface area contributed by atoms with Crippen LogP contribution in [-0.4, -0.2) is 29.6 Å². The lowest BCUT2D eigenvalue weighted by Crippen LogP contribution is -2.29. The van der Waals surface area contributed by atoms with Crippen molar-refractivity contribution in [1.82, 2.24) is 4.98 Å². The van der Waals surface area contributed by atoms with Crippen molar-refractivity contribution in [1.29, 1.82) is 0 Å². The van der Waals surface area contributed by atoms with Crippen molar-refractivity contribution in [2.75, 3.05) is 11.9 Å². The molecular formula is C15H17N3O2S. The summed E-state index contributed by atoms with van der Waals surface area (Å²) < 4.78 is 5.58. The summed E-state index contributed by atoms with van der Waals surface area (Å²) in [6.07, 6.45) is 1.13. The summed E-state index contributed by atoms with van der Waals surface area (Å²) in [7, 11) is 0. The van der Waals surface area contributed by atoms with E-state index in [0.717, 1.165) is 17.7 Å². The molecule has 2 atom stereocenters. The first kappa shape index (κ1) is 14.2. The summed E-state index contributed by atoms with van der Waals surface area (Å²) in [4.78, 5) is 16.5. The van der Waals surface area contributed by atoms with E-state index in [1.54, 1.807) is 0 Å². The van der Waals surface area contributed by atoms with Gasteiger partial charge in [-0.3, -0.25) is 10.1 Å². The lowest BCUT2D eigenvalue weighted by Gasteiger charge is -2.11. The fourth-order valence-corrected chi connectivity index (χ4v) is 3.05. The maximum Gasteiger partial charge on any atom is 0.255 e. The average molecular weight is 303 g/mol. The molecule has 1 aromatic carbocycles. The quantitative estimate of drug-likeness (QED) is 0.908. The number of nitrogens with two attached hydrogens (primary N) is 1. The summed E-state index contributed by atoms with van der Waals surface area (Å²) in [5, 5.41) is 5.35. The van der Waals surface area contributed by atoms with E-state index in [1.165, 1.54) is 11.3 Å². The Morgan fingerprint density at radius 2 is 2.19 bits per heavy atom. The molecule has 0 saturated carbocycles. The number of carbonyl (C=O) groups excluding carboxylic acids is 1. The number of aromatic nitrogens is 1. The molecule has 0 spiro atoms. The molecule has 1 saturated heterocycles. The highest BCUT2D eigenvalue weighted by Crippen LogP contribution is 2.26. The maximum absolute atomic E-state index is 12.1. The topological polar surface area (TPSA) is 77.2 Å². The van der Waals surface area contributed by atoms with Crippen LogP contribution in [0.1, 0.15) is 12.8 Å². The molecule has 3 N–H and O–H groups in total. The van der Waals surface area contributed by atoms with Crippen LogP contribution in [0.15, 0.2) is 35.7 Å². The second kappa shape index (κ2) is 6.34. The number of nitrogens with one attached hydrogen (secondary N) is 1. The van der Waals surface area contributed by atoms with Gasteiger partial charge in [0.1, 0.15) is 6.10 Å². The van der Waals surface area contributed by atoms with Gasteiger partial charge in [0.15, 0.2) is 5.13 Å². The SMILES string of the molecule is NC[C@H]1CC[C@@H](C(=O)Nc2nc(-c3ccccc3)cs2)O1. The van der Waals surface area contributed by atoms with Gasteiger partial charge < -0.3 is 10.5 Å². The molecule has 1 aliphatic heterocycles. The molecule has 5 nitrogen and oxygen atoms in total. The Labute approximate surface area is 127 Å². The molecule has 110 valence electrons. The van der Waals surface area contributed by atoms with E-state index >= 15 is 0 Å². The summed E-state index contributed by atoms with van der Waals surface area (Å²) in [6, 6.07) is 9.88. The van der Waals surface area contributed by atoms with Gasteiger partial charge in [0.05, 0.1) is 11.8 Å². The molecule has 1 amide bonds. The molecule has 1 fully saturated rings. The number of anilines is 1. The highest BCUT2D eigenvalue weighted by Gasteiger charge is 2.30. The molecule has 0 radical (unpaired) electrons.